The summed E-state index contributed by atoms with van der Waals surface area (Å²) in [5.74, 6) is 0.155. The first kappa shape index (κ1) is 10.6. The van der Waals surface area contributed by atoms with E-state index in [4.69, 9.17) is 0 Å². The number of hydrogen-bond donors (Lipinski definition) is 2. The van der Waals surface area contributed by atoms with Crippen molar-refractivity contribution in [2.45, 2.75) is 19.8 Å². The molecule has 82 valence electrons. The molecule has 0 saturated carbocycles. The largest absolute Gasteiger partial charge is 0.325 e. The van der Waals surface area contributed by atoms with Gasteiger partial charge in [-0.05, 0) is 37.4 Å². The van der Waals surface area contributed by atoms with Crippen molar-refractivity contribution in [3.63, 3.8) is 0 Å². The molecule has 1 aliphatic rings. The maximum Gasteiger partial charge on any atom is 0.230 e. The van der Waals surface area contributed by atoms with Gasteiger partial charge in [0, 0.05) is 10.8 Å². The molecule has 0 bridgehead atoms. The molecule has 1 aromatic rings. The van der Waals surface area contributed by atoms with Crippen LogP contribution >= 0.6 is 11.3 Å². The molecule has 4 heteroatoms. The van der Waals surface area contributed by atoms with Crippen molar-refractivity contribution in [2.75, 3.05) is 18.4 Å². The Hall–Kier alpha value is -0.870. The summed E-state index contributed by atoms with van der Waals surface area (Å²) in [6.07, 6.45) is 1.84. The van der Waals surface area contributed by atoms with Crippen molar-refractivity contribution in [1.29, 1.82) is 0 Å². The number of anilines is 1. The lowest BCUT2D eigenvalue weighted by Gasteiger charge is -2.32. The predicted octanol–water partition coefficient (Wildman–Crippen LogP) is 2.08. The normalized spacial score (nSPS) is 19.8. The third-order valence-electron chi connectivity index (χ3n) is 3.03. The Kier molecular flexibility index (Phi) is 3.07. The second kappa shape index (κ2) is 4.33. The average molecular weight is 224 g/mol. The summed E-state index contributed by atoms with van der Waals surface area (Å²) < 4.78 is 0. The van der Waals surface area contributed by atoms with Crippen LogP contribution in [-0.4, -0.2) is 19.0 Å². The van der Waals surface area contributed by atoms with E-state index in [1.165, 1.54) is 0 Å². The van der Waals surface area contributed by atoms with Gasteiger partial charge in [0.1, 0.15) is 0 Å². The van der Waals surface area contributed by atoms with Crippen molar-refractivity contribution in [3.8, 4) is 0 Å². The predicted molar refractivity (Wildman–Crippen MR) is 63.2 cm³/mol. The molecule has 1 aromatic heterocycles. The summed E-state index contributed by atoms with van der Waals surface area (Å²) in [4.78, 5) is 12.1. The molecular weight excluding hydrogens is 208 g/mol. The Morgan fingerprint density at radius 3 is 2.87 bits per heavy atom. The summed E-state index contributed by atoms with van der Waals surface area (Å²) in [6, 6.07) is 1.94. The minimum atomic E-state index is -0.201. The van der Waals surface area contributed by atoms with E-state index in [-0.39, 0.29) is 11.3 Å². The van der Waals surface area contributed by atoms with E-state index in [1.54, 1.807) is 11.3 Å². The van der Waals surface area contributed by atoms with Gasteiger partial charge in [-0.15, -0.1) is 0 Å². The maximum atomic E-state index is 12.1. The average Bonchev–Trinajstić information content (AvgIpc) is 2.71. The van der Waals surface area contributed by atoms with E-state index in [2.05, 4.69) is 17.6 Å². The standard InChI is InChI=1S/C11H16N2OS/c1-11(3-5-12-6-4-11)10(14)13-9-2-7-15-8-9/h2,7-8,12H,3-6H2,1H3,(H,13,14). The summed E-state index contributed by atoms with van der Waals surface area (Å²) in [7, 11) is 0. The van der Waals surface area contributed by atoms with Crippen molar-refractivity contribution in [3.05, 3.63) is 16.8 Å². The highest BCUT2D eigenvalue weighted by Gasteiger charge is 2.34. The molecule has 3 nitrogen and oxygen atoms in total. The lowest BCUT2D eigenvalue weighted by molar-refractivity contribution is -0.126. The molecule has 2 rings (SSSR count). The molecule has 0 radical (unpaired) electrons. The van der Waals surface area contributed by atoms with E-state index in [0.717, 1.165) is 31.6 Å². The highest BCUT2D eigenvalue weighted by Crippen LogP contribution is 2.29. The topological polar surface area (TPSA) is 41.1 Å². The van der Waals surface area contributed by atoms with Gasteiger partial charge in [0.05, 0.1) is 5.69 Å². The number of hydrogen-bond acceptors (Lipinski definition) is 3. The Labute approximate surface area is 93.9 Å². The van der Waals surface area contributed by atoms with Gasteiger partial charge in [-0.2, -0.15) is 11.3 Å². The van der Waals surface area contributed by atoms with Gasteiger partial charge in [0.15, 0.2) is 0 Å². The zero-order valence-corrected chi connectivity index (χ0v) is 9.69. The van der Waals surface area contributed by atoms with Crippen molar-refractivity contribution >= 4 is 22.9 Å². The molecule has 2 N–H and O–H groups in total. The molecule has 0 aromatic carbocycles. The van der Waals surface area contributed by atoms with Crippen LogP contribution < -0.4 is 10.6 Å². The van der Waals surface area contributed by atoms with Crippen LogP contribution in [0.4, 0.5) is 5.69 Å². The molecule has 0 spiro atoms. The Morgan fingerprint density at radius 2 is 2.27 bits per heavy atom. The van der Waals surface area contributed by atoms with Crippen LogP contribution in [0.1, 0.15) is 19.8 Å². The smallest absolute Gasteiger partial charge is 0.230 e. The molecule has 1 aliphatic heterocycles. The van der Waals surface area contributed by atoms with E-state index in [9.17, 15) is 4.79 Å². The maximum absolute atomic E-state index is 12.1. The van der Waals surface area contributed by atoms with Crippen LogP contribution in [0.3, 0.4) is 0 Å². The number of piperidine rings is 1. The van der Waals surface area contributed by atoms with Gasteiger partial charge < -0.3 is 10.6 Å². The van der Waals surface area contributed by atoms with Crippen LogP contribution in [0.5, 0.6) is 0 Å². The van der Waals surface area contributed by atoms with E-state index < -0.39 is 0 Å². The quantitative estimate of drug-likeness (QED) is 0.807. The molecule has 2 heterocycles. The monoisotopic (exact) mass is 224 g/mol. The second-order valence-corrected chi connectivity index (χ2v) is 5.06. The summed E-state index contributed by atoms with van der Waals surface area (Å²) in [6.45, 7) is 3.93. The van der Waals surface area contributed by atoms with Gasteiger partial charge >= 0.3 is 0 Å². The van der Waals surface area contributed by atoms with E-state index >= 15 is 0 Å². The van der Waals surface area contributed by atoms with Gasteiger partial charge in [-0.1, -0.05) is 6.92 Å². The highest BCUT2D eigenvalue weighted by atomic mass is 32.1. The first-order valence-electron chi connectivity index (χ1n) is 5.25. The fraction of sp³-hybridized carbons (Fsp3) is 0.545. The minimum Gasteiger partial charge on any atom is -0.325 e. The van der Waals surface area contributed by atoms with Gasteiger partial charge in [-0.25, -0.2) is 0 Å². The molecule has 1 saturated heterocycles. The number of nitrogens with one attached hydrogen (secondary N) is 2. The van der Waals surface area contributed by atoms with Crippen LogP contribution in [0.25, 0.3) is 0 Å². The molecule has 0 unspecified atom stereocenters. The third kappa shape index (κ3) is 2.38. The fourth-order valence-electron chi connectivity index (χ4n) is 1.82. The SMILES string of the molecule is CC1(C(=O)Nc2ccsc2)CCNCC1. The number of thiophene rings is 1. The molecule has 0 aliphatic carbocycles. The second-order valence-electron chi connectivity index (χ2n) is 4.28. The Morgan fingerprint density at radius 1 is 1.53 bits per heavy atom. The van der Waals surface area contributed by atoms with Gasteiger partial charge in [-0.3, -0.25) is 4.79 Å². The minimum absolute atomic E-state index is 0.155. The van der Waals surface area contributed by atoms with Crippen LogP contribution in [0.2, 0.25) is 0 Å². The van der Waals surface area contributed by atoms with E-state index in [0.29, 0.717) is 0 Å². The first-order chi connectivity index (χ1) is 7.21. The Bertz CT molecular complexity index is 328. The van der Waals surface area contributed by atoms with Crippen molar-refractivity contribution < 1.29 is 4.79 Å². The Balaban J connectivity index is 2.00. The number of carbonyl (C=O) groups excluding carboxylic acids is 1. The summed E-state index contributed by atoms with van der Waals surface area (Å²) in [5.41, 5.74) is 0.720. The summed E-state index contributed by atoms with van der Waals surface area (Å²) >= 11 is 1.60. The zero-order chi connectivity index (χ0) is 10.7. The third-order valence-corrected chi connectivity index (χ3v) is 3.72. The molecule has 15 heavy (non-hydrogen) atoms. The van der Waals surface area contributed by atoms with Crippen LogP contribution in [0, 0.1) is 5.41 Å². The lowest BCUT2D eigenvalue weighted by atomic mass is 9.80. The van der Waals surface area contributed by atoms with Crippen LogP contribution in [-0.2, 0) is 4.79 Å². The molecule has 1 amide bonds. The lowest BCUT2D eigenvalue weighted by Crippen LogP contribution is -2.42. The fourth-order valence-corrected chi connectivity index (χ4v) is 2.41. The van der Waals surface area contributed by atoms with Crippen molar-refractivity contribution in [1.82, 2.24) is 5.32 Å². The van der Waals surface area contributed by atoms with Gasteiger partial charge in [0.25, 0.3) is 0 Å². The van der Waals surface area contributed by atoms with E-state index in [1.807, 2.05) is 16.8 Å². The molecule has 1 fully saturated rings. The number of amides is 1. The van der Waals surface area contributed by atoms with Gasteiger partial charge in [0.2, 0.25) is 5.91 Å². The van der Waals surface area contributed by atoms with Crippen molar-refractivity contribution in [2.24, 2.45) is 5.41 Å². The van der Waals surface area contributed by atoms with Crippen LogP contribution in [0.15, 0.2) is 16.8 Å². The molecular formula is C11H16N2OS. The number of carbonyl (C=O) groups is 1. The zero-order valence-electron chi connectivity index (χ0n) is 8.88. The first-order valence-corrected chi connectivity index (χ1v) is 6.19. The molecule has 0 atom stereocenters. The highest BCUT2D eigenvalue weighted by molar-refractivity contribution is 7.08. The number of rotatable bonds is 2. The summed E-state index contributed by atoms with van der Waals surface area (Å²) in [5, 5.41) is 10.2.